The lowest BCUT2D eigenvalue weighted by molar-refractivity contribution is -0.384. The summed E-state index contributed by atoms with van der Waals surface area (Å²) in [5.41, 5.74) is 1.21. The number of benzene rings is 2. The Morgan fingerprint density at radius 3 is 2.77 bits per heavy atom. The van der Waals surface area contributed by atoms with Crippen LogP contribution in [0.1, 0.15) is 30.1 Å². The van der Waals surface area contributed by atoms with Gasteiger partial charge >= 0.3 is 0 Å². The maximum absolute atomic E-state index is 12.5. The fraction of sp³-hybridized carbons (Fsp3) is 0.316. The Balaban J connectivity index is 1.87. The van der Waals surface area contributed by atoms with Gasteiger partial charge < -0.3 is 10.2 Å². The molecule has 1 heterocycles. The molecular formula is C19H20ClN3O3. The van der Waals surface area contributed by atoms with Gasteiger partial charge in [0.05, 0.1) is 15.6 Å². The molecule has 26 heavy (non-hydrogen) atoms. The summed E-state index contributed by atoms with van der Waals surface area (Å²) in [4.78, 5) is 25.6. The number of nitro benzene ring substituents is 1. The second kappa shape index (κ2) is 7.74. The third kappa shape index (κ3) is 3.96. The van der Waals surface area contributed by atoms with Gasteiger partial charge in [-0.1, -0.05) is 30.7 Å². The Labute approximate surface area is 156 Å². The monoisotopic (exact) mass is 373 g/mol. The molecule has 1 atom stereocenters. The van der Waals surface area contributed by atoms with Crippen LogP contribution in [0.4, 0.5) is 17.1 Å². The van der Waals surface area contributed by atoms with Gasteiger partial charge in [0.25, 0.3) is 11.6 Å². The smallest absolute Gasteiger partial charge is 0.293 e. The van der Waals surface area contributed by atoms with Crippen LogP contribution in [0, 0.1) is 16.0 Å². The van der Waals surface area contributed by atoms with Crippen molar-refractivity contribution in [3.05, 3.63) is 63.2 Å². The van der Waals surface area contributed by atoms with Gasteiger partial charge in [-0.25, -0.2) is 0 Å². The van der Waals surface area contributed by atoms with Crippen molar-refractivity contribution < 1.29 is 9.72 Å². The zero-order chi connectivity index (χ0) is 18.7. The molecule has 0 aromatic heterocycles. The predicted octanol–water partition coefficient (Wildman–Crippen LogP) is 4.74. The molecule has 0 saturated carbocycles. The SMILES string of the molecule is C[C@H]1CCCN(c2ccc(C(=O)Nc3ccccc3Cl)cc2[N+](=O)[O-])C1. The molecule has 2 aromatic rings. The molecule has 1 amide bonds. The Morgan fingerprint density at radius 1 is 1.31 bits per heavy atom. The quantitative estimate of drug-likeness (QED) is 0.620. The number of hydrogen-bond acceptors (Lipinski definition) is 4. The summed E-state index contributed by atoms with van der Waals surface area (Å²) >= 11 is 6.05. The maximum Gasteiger partial charge on any atom is 0.293 e. The van der Waals surface area contributed by atoms with Crippen LogP contribution in [0.5, 0.6) is 0 Å². The standard InChI is InChI=1S/C19H20ClN3O3/c1-13-5-4-10-22(12-13)17-9-8-14(11-18(17)23(25)26)19(24)21-16-7-3-2-6-15(16)20/h2-3,6-9,11,13H,4-5,10,12H2,1H3,(H,21,24)/t13-/m0/s1. The molecule has 0 unspecified atom stereocenters. The van der Waals surface area contributed by atoms with E-state index >= 15 is 0 Å². The summed E-state index contributed by atoms with van der Waals surface area (Å²) in [5, 5.41) is 14.7. The molecule has 136 valence electrons. The molecule has 3 rings (SSSR count). The van der Waals surface area contributed by atoms with Crippen LogP contribution < -0.4 is 10.2 Å². The van der Waals surface area contributed by atoms with Crippen molar-refractivity contribution in [3.63, 3.8) is 0 Å². The molecule has 0 spiro atoms. The van der Waals surface area contributed by atoms with E-state index in [0.29, 0.717) is 22.3 Å². The number of para-hydroxylation sites is 1. The van der Waals surface area contributed by atoms with E-state index in [1.165, 1.54) is 6.07 Å². The van der Waals surface area contributed by atoms with E-state index in [4.69, 9.17) is 11.6 Å². The first-order valence-electron chi connectivity index (χ1n) is 8.55. The molecule has 0 aliphatic carbocycles. The third-order valence-electron chi connectivity index (χ3n) is 4.55. The first-order chi connectivity index (χ1) is 12.5. The summed E-state index contributed by atoms with van der Waals surface area (Å²) in [6.45, 7) is 3.71. The highest BCUT2D eigenvalue weighted by Crippen LogP contribution is 2.33. The van der Waals surface area contributed by atoms with E-state index in [1.807, 2.05) is 4.90 Å². The van der Waals surface area contributed by atoms with Crippen LogP contribution in [0.2, 0.25) is 5.02 Å². The fourth-order valence-electron chi connectivity index (χ4n) is 3.24. The molecule has 0 radical (unpaired) electrons. The second-order valence-electron chi connectivity index (χ2n) is 6.59. The summed E-state index contributed by atoms with van der Waals surface area (Å²) in [6, 6.07) is 11.5. The van der Waals surface area contributed by atoms with E-state index < -0.39 is 10.8 Å². The van der Waals surface area contributed by atoms with Gasteiger partial charge in [0.2, 0.25) is 0 Å². The zero-order valence-corrected chi connectivity index (χ0v) is 15.2. The van der Waals surface area contributed by atoms with Crippen LogP contribution in [0.15, 0.2) is 42.5 Å². The molecule has 0 bridgehead atoms. The van der Waals surface area contributed by atoms with Crippen molar-refractivity contribution in [1.29, 1.82) is 0 Å². The molecule has 6 nitrogen and oxygen atoms in total. The largest absolute Gasteiger partial charge is 0.366 e. The summed E-state index contributed by atoms with van der Waals surface area (Å²) in [6.07, 6.45) is 2.13. The number of carbonyl (C=O) groups excluding carboxylic acids is 1. The number of nitrogens with one attached hydrogen (secondary N) is 1. The number of hydrogen-bond donors (Lipinski definition) is 1. The first-order valence-corrected chi connectivity index (χ1v) is 8.93. The summed E-state index contributed by atoms with van der Waals surface area (Å²) in [7, 11) is 0. The molecule has 1 aliphatic rings. The molecule has 1 N–H and O–H groups in total. The average Bonchev–Trinajstić information content (AvgIpc) is 2.63. The molecule has 1 saturated heterocycles. The van der Waals surface area contributed by atoms with Gasteiger partial charge in [0.15, 0.2) is 0 Å². The minimum absolute atomic E-state index is 0.0501. The van der Waals surface area contributed by atoms with Crippen LogP contribution in [0.25, 0.3) is 0 Å². The van der Waals surface area contributed by atoms with Gasteiger partial charge in [-0.05, 0) is 43.0 Å². The maximum atomic E-state index is 12.5. The van der Waals surface area contributed by atoms with Crippen molar-refractivity contribution in [2.75, 3.05) is 23.3 Å². The zero-order valence-electron chi connectivity index (χ0n) is 14.4. The van der Waals surface area contributed by atoms with Crippen molar-refractivity contribution in [1.82, 2.24) is 0 Å². The molecule has 1 fully saturated rings. The normalized spacial score (nSPS) is 17.0. The third-order valence-corrected chi connectivity index (χ3v) is 4.88. The Bertz CT molecular complexity index is 841. The average molecular weight is 374 g/mol. The topological polar surface area (TPSA) is 75.5 Å². The van der Waals surface area contributed by atoms with Crippen LogP contribution in [0.3, 0.4) is 0 Å². The summed E-state index contributed by atoms with van der Waals surface area (Å²) < 4.78 is 0. The highest BCUT2D eigenvalue weighted by molar-refractivity contribution is 6.33. The molecule has 2 aromatic carbocycles. The molecular weight excluding hydrogens is 354 g/mol. The Morgan fingerprint density at radius 2 is 2.08 bits per heavy atom. The minimum atomic E-state index is -0.431. The highest BCUT2D eigenvalue weighted by atomic mass is 35.5. The Hall–Kier alpha value is -2.60. The first kappa shape index (κ1) is 18.2. The lowest BCUT2D eigenvalue weighted by atomic mass is 9.99. The number of nitrogens with zero attached hydrogens (tertiary/aromatic N) is 2. The van der Waals surface area contributed by atoms with E-state index in [1.54, 1.807) is 36.4 Å². The van der Waals surface area contributed by atoms with Crippen LogP contribution in [-0.2, 0) is 0 Å². The van der Waals surface area contributed by atoms with Gasteiger partial charge in [-0.3, -0.25) is 14.9 Å². The summed E-state index contributed by atoms with van der Waals surface area (Å²) in [5.74, 6) is 0.0614. The lowest BCUT2D eigenvalue weighted by Gasteiger charge is -2.32. The van der Waals surface area contributed by atoms with Crippen molar-refractivity contribution >= 4 is 34.6 Å². The number of amides is 1. The van der Waals surface area contributed by atoms with E-state index in [-0.39, 0.29) is 11.3 Å². The molecule has 1 aliphatic heterocycles. The Kier molecular flexibility index (Phi) is 5.42. The number of anilines is 2. The fourth-order valence-corrected chi connectivity index (χ4v) is 3.43. The van der Waals surface area contributed by atoms with E-state index in [2.05, 4.69) is 12.2 Å². The number of nitro groups is 1. The van der Waals surface area contributed by atoms with Gasteiger partial charge in [0, 0.05) is 24.7 Å². The van der Waals surface area contributed by atoms with Crippen molar-refractivity contribution in [3.8, 4) is 0 Å². The van der Waals surface area contributed by atoms with Crippen LogP contribution >= 0.6 is 11.6 Å². The van der Waals surface area contributed by atoms with Crippen molar-refractivity contribution in [2.24, 2.45) is 5.92 Å². The van der Waals surface area contributed by atoms with Gasteiger partial charge in [-0.2, -0.15) is 0 Å². The highest BCUT2D eigenvalue weighted by Gasteiger charge is 2.25. The number of carbonyl (C=O) groups is 1. The predicted molar refractivity (Wildman–Crippen MR) is 103 cm³/mol. The van der Waals surface area contributed by atoms with E-state index in [9.17, 15) is 14.9 Å². The van der Waals surface area contributed by atoms with Gasteiger partial charge in [-0.15, -0.1) is 0 Å². The molecule has 7 heteroatoms. The van der Waals surface area contributed by atoms with Gasteiger partial charge in [0.1, 0.15) is 5.69 Å². The number of piperidine rings is 1. The second-order valence-corrected chi connectivity index (χ2v) is 7.00. The van der Waals surface area contributed by atoms with E-state index in [0.717, 1.165) is 25.9 Å². The minimum Gasteiger partial charge on any atom is -0.366 e. The lowest BCUT2D eigenvalue weighted by Crippen LogP contribution is -2.34. The van der Waals surface area contributed by atoms with Crippen LogP contribution in [-0.4, -0.2) is 23.9 Å². The van der Waals surface area contributed by atoms with Crippen molar-refractivity contribution in [2.45, 2.75) is 19.8 Å². The number of rotatable bonds is 4. The number of halogens is 1.